The largest absolute Gasteiger partial charge is 0.324 e. The molecule has 0 aromatic carbocycles. The summed E-state index contributed by atoms with van der Waals surface area (Å²) < 4.78 is 1.48. The summed E-state index contributed by atoms with van der Waals surface area (Å²) in [4.78, 5) is 0. The zero-order valence-electron chi connectivity index (χ0n) is 30.3. The molecule has 0 amide bonds. The van der Waals surface area contributed by atoms with Gasteiger partial charge in [0.1, 0.15) is 0 Å². The van der Waals surface area contributed by atoms with Gasteiger partial charge in [-0.2, -0.15) is 0 Å². The summed E-state index contributed by atoms with van der Waals surface area (Å²) in [6.45, 7) is 15.3. The van der Waals surface area contributed by atoms with Crippen molar-refractivity contribution in [3.63, 3.8) is 0 Å². The third-order valence-electron chi connectivity index (χ3n) is 9.94. The molecule has 0 N–H and O–H groups in total. The summed E-state index contributed by atoms with van der Waals surface area (Å²) in [5.41, 5.74) is 0. The fourth-order valence-corrected chi connectivity index (χ4v) is 7.00. The molecule has 0 atom stereocenters. The second-order valence-corrected chi connectivity index (χ2v) is 14.1. The van der Waals surface area contributed by atoms with Gasteiger partial charge in [-0.05, 0) is 51.4 Å². The molecule has 0 saturated heterocycles. The average molecular weight is 660 g/mol. The Morgan fingerprint density at radius 2 is 0.357 bits per heavy atom. The maximum atomic E-state index is 2.34. The smallest absolute Gasteiger partial charge is 0.0786 e. The number of quaternary nitrogens is 1. The van der Waals surface area contributed by atoms with E-state index in [-0.39, 0.29) is 17.0 Å². The summed E-state index contributed by atoms with van der Waals surface area (Å²) in [5, 5.41) is 0. The van der Waals surface area contributed by atoms with E-state index in [9.17, 15) is 0 Å². The zero-order valence-corrected chi connectivity index (χ0v) is 32.0. The van der Waals surface area contributed by atoms with E-state index in [1.54, 1.807) is 0 Å². The first kappa shape index (κ1) is 44.6. The van der Waals surface area contributed by atoms with Crippen molar-refractivity contribution in [2.45, 2.75) is 233 Å². The minimum absolute atomic E-state index is 0. The summed E-state index contributed by atoms with van der Waals surface area (Å²) in [7, 11) is 0. The van der Waals surface area contributed by atoms with Crippen LogP contribution in [0.1, 0.15) is 233 Å². The van der Waals surface area contributed by atoms with E-state index in [1.165, 1.54) is 236 Å². The third-order valence-corrected chi connectivity index (χ3v) is 9.94. The number of unbranched alkanes of at least 4 members (excludes halogenated alkanes) is 28. The lowest BCUT2D eigenvalue weighted by Gasteiger charge is -2.40. The Balaban J connectivity index is 0. The van der Waals surface area contributed by atoms with Gasteiger partial charge in [0.15, 0.2) is 0 Å². The summed E-state index contributed by atoms with van der Waals surface area (Å²) in [5.74, 6) is 0. The van der Waals surface area contributed by atoms with Crippen molar-refractivity contribution in [3.8, 4) is 0 Å². The van der Waals surface area contributed by atoms with Gasteiger partial charge in [-0.3, -0.25) is 0 Å². The molecule has 0 aliphatic carbocycles. The highest BCUT2D eigenvalue weighted by atomic mass is 79.9. The van der Waals surface area contributed by atoms with Crippen molar-refractivity contribution in [1.29, 1.82) is 0 Å². The summed E-state index contributed by atoms with van der Waals surface area (Å²) in [6.07, 6.45) is 46.7. The Labute approximate surface area is 279 Å². The molecule has 0 aromatic heterocycles. The molecule has 2 heteroatoms. The van der Waals surface area contributed by atoms with E-state index < -0.39 is 0 Å². The van der Waals surface area contributed by atoms with Crippen molar-refractivity contribution >= 4 is 17.0 Å². The first-order valence-corrected chi connectivity index (χ1v) is 20.1. The standard InChI is InChI=1S/C40H84N.BrH/c1-5-9-13-17-21-25-29-33-37-41(38-34-30-26-22-18-14-10-6-2,39-35-31-27-23-19-15-11-7-3)40-36-32-28-24-20-16-12-8-4;/h5-40H2,1-4H3;1H/q+1;. The lowest BCUT2D eigenvalue weighted by atomic mass is 10.0. The number of hydrogen-bond donors (Lipinski definition) is 0. The predicted octanol–water partition coefficient (Wildman–Crippen LogP) is 14.9. The van der Waals surface area contributed by atoms with Gasteiger partial charge in [0.05, 0.1) is 26.2 Å². The molecule has 0 aliphatic heterocycles. The molecule has 0 aliphatic rings. The molecule has 0 fully saturated rings. The first-order chi connectivity index (χ1) is 20.2. The average Bonchev–Trinajstić information content (AvgIpc) is 2.98. The molecule has 1 nitrogen and oxygen atoms in total. The van der Waals surface area contributed by atoms with Crippen LogP contribution in [0.3, 0.4) is 0 Å². The SMILES string of the molecule is Br.CCCCCCCCCC[N+](CCCCCCCCCC)(CCCCCCCCCC)CCCCCCCCCC. The van der Waals surface area contributed by atoms with Gasteiger partial charge in [-0.25, -0.2) is 0 Å². The number of nitrogens with zero attached hydrogens (tertiary/aromatic N) is 1. The molecular weight excluding hydrogens is 574 g/mol. The van der Waals surface area contributed by atoms with Crippen molar-refractivity contribution in [3.05, 3.63) is 0 Å². The molecule has 0 saturated carbocycles. The van der Waals surface area contributed by atoms with Crippen LogP contribution in [0.2, 0.25) is 0 Å². The van der Waals surface area contributed by atoms with E-state index in [0.717, 1.165) is 0 Å². The number of hydrogen-bond acceptors (Lipinski definition) is 0. The Kier molecular flexibility index (Phi) is 39.9. The quantitative estimate of drug-likeness (QED) is 0.0464. The summed E-state index contributed by atoms with van der Waals surface area (Å²) >= 11 is 0. The van der Waals surface area contributed by atoms with Gasteiger partial charge < -0.3 is 4.48 Å². The lowest BCUT2D eigenvalue weighted by molar-refractivity contribution is -0.929. The van der Waals surface area contributed by atoms with Crippen LogP contribution in [-0.4, -0.2) is 30.7 Å². The maximum Gasteiger partial charge on any atom is 0.0786 e. The molecule has 0 radical (unpaired) electrons. The predicted molar refractivity (Wildman–Crippen MR) is 200 cm³/mol. The van der Waals surface area contributed by atoms with E-state index in [2.05, 4.69) is 27.7 Å². The van der Waals surface area contributed by atoms with Gasteiger partial charge in [0.25, 0.3) is 0 Å². The fraction of sp³-hybridized carbons (Fsp3) is 1.00. The van der Waals surface area contributed by atoms with Crippen LogP contribution in [0.25, 0.3) is 0 Å². The van der Waals surface area contributed by atoms with Crippen molar-refractivity contribution in [1.82, 2.24) is 0 Å². The Morgan fingerprint density at radius 3 is 0.524 bits per heavy atom. The van der Waals surface area contributed by atoms with Gasteiger partial charge in [0.2, 0.25) is 0 Å². The highest BCUT2D eigenvalue weighted by Crippen LogP contribution is 2.21. The van der Waals surface area contributed by atoms with Gasteiger partial charge >= 0.3 is 0 Å². The van der Waals surface area contributed by atoms with Crippen LogP contribution in [0.5, 0.6) is 0 Å². The number of rotatable bonds is 36. The monoisotopic (exact) mass is 659 g/mol. The Morgan fingerprint density at radius 1 is 0.214 bits per heavy atom. The molecule has 0 heterocycles. The van der Waals surface area contributed by atoms with E-state index in [1.807, 2.05) is 0 Å². The normalized spacial score (nSPS) is 11.7. The molecule has 0 aromatic rings. The van der Waals surface area contributed by atoms with Crippen molar-refractivity contribution < 1.29 is 4.48 Å². The van der Waals surface area contributed by atoms with Gasteiger partial charge in [0, 0.05) is 0 Å². The highest BCUT2D eigenvalue weighted by molar-refractivity contribution is 8.93. The fourth-order valence-electron chi connectivity index (χ4n) is 7.00. The topological polar surface area (TPSA) is 0 Å². The van der Waals surface area contributed by atoms with Crippen molar-refractivity contribution in [2.24, 2.45) is 0 Å². The Hall–Kier alpha value is 0.440. The van der Waals surface area contributed by atoms with Gasteiger partial charge in [-0.15, -0.1) is 17.0 Å². The molecule has 42 heavy (non-hydrogen) atoms. The highest BCUT2D eigenvalue weighted by Gasteiger charge is 2.25. The van der Waals surface area contributed by atoms with Gasteiger partial charge in [-0.1, -0.05) is 182 Å². The lowest BCUT2D eigenvalue weighted by Crippen LogP contribution is -2.50. The van der Waals surface area contributed by atoms with E-state index in [4.69, 9.17) is 0 Å². The number of halogens is 1. The molecular formula is C40H85BrN+. The van der Waals surface area contributed by atoms with Crippen LogP contribution in [0.15, 0.2) is 0 Å². The minimum Gasteiger partial charge on any atom is -0.324 e. The maximum absolute atomic E-state index is 2.34. The molecule has 0 rings (SSSR count). The molecule has 256 valence electrons. The van der Waals surface area contributed by atoms with Crippen LogP contribution in [-0.2, 0) is 0 Å². The Bertz CT molecular complexity index is 379. The second kappa shape index (κ2) is 37.6. The van der Waals surface area contributed by atoms with E-state index >= 15 is 0 Å². The molecule has 0 unspecified atom stereocenters. The van der Waals surface area contributed by atoms with Crippen LogP contribution in [0, 0.1) is 0 Å². The molecule has 0 bridgehead atoms. The zero-order chi connectivity index (χ0) is 30.0. The van der Waals surface area contributed by atoms with Crippen LogP contribution < -0.4 is 0 Å². The second-order valence-electron chi connectivity index (χ2n) is 14.1. The summed E-state index contributed by atoms with van der Waals surface area (Å²) in [6, 6.07) is 0. The van der Waals surface area contributed by atoms with E-state index in [0.29, 0.717) is 0 Å². The van der Waals surface area contributed by atoms with Crippen LogP contribution in [0.4, 0.5) is 0 Å². The minimum atomic E-state index is 0. The first-order valence-electron chi connectivity index (χ1n) is 20.1. The third kappa shape index (κ3) is 31.9. The van der Waals surface area contributed by atoms with Crippen LogP contribution >= 0.6 is 17.0 Å². The molecule has 0 spiro atoms. The van der Waals surface area contributed by atoms with Crippen molar-refractivity contribution in [2.75, 3.05) is 26.2 Å².